The fraction of sp³-hybridized carbons (Fsp3) is 0.469. The Hall–Kier alpha value is -3.86. The monoisotopic (exact) mass is 608 g/mol. The summed E-state index contributed by atoms with van der Waals surface area (Å²) < 4.78 is 23.5. The second kappa shape index (κ2) is 11.7. The normalized spacial score (nSPS) is 17.1. The SMILES string of the molecule is CCC(=O)Oc1ccc2nc3c(c(CC)c2c1)Cn1c-3cc2c(c1=O)COC(=O)[C@@]2(CC)OC(=O)OCCSC(C)(C)C. The summed E-state index contributed by atoms with van der Waals surface area (Å²) in [4.78, 5) is 56.8. The van der Waals surface area contributed by atoms with Crippen LogP contribution in [0.15, 0.2) is 29.1 Å². The van der Waals surface area contributed by atoms with Gasteiger partial charge in [-0.1, -0.05) is 41.5 Å². The summed E-state index contributed by atoms with van der Waals surface area (Å²) >= 11 is 1.63. The van der Waals surface area contributed by atoms with Gasteiger partial charge in [-0.25, -0.2) is 14.6 Å². The third kappa shape index (κ3) is 5.62. The predicted molar refractivity (Wildman–Crippen MR) is 162 cm³/mol. The lowest BCUT2D eigenvalue weighted by Gasteiger charge is -2.35. The Morgan fingerprint density at radius 1 is 1.12 bits per heavy atom. The van der Waals surface area contributed by atoms with Crippen molar-refractivity contribution in [2.24, 2.45) is 0 Å². The zero-order valence-corrected chi connectivity index (χ0v) is 26.1. The van der Waals surface area contributed by atoms with Gasteiger partial charge in [-0.2, -0.15) is 11.8 Å². The number of rotatable bonds is 8. The number of nitrogens with zero attached hydrogens (tertiary/aromatic N) is 2. The Morgan fingerprint density at radius 2 is 1.88 bits per heavy atom. The quantitative estimate of drug-likeness (QED) is 0.141. The van der Waals surface area contributed by atoms with Gasteiger partial charge in [-0.3, -0.25) is 9.59 Å². The Kier molecular flexibility index (Phi) is 8.30. The van der Waals surface area contributed by atoms with Gasteiger partial charge in [0.05, 0.1) is 29.0 Å². The fourth-order valence-corrected chi connectivity index (χ4v) is 6.39. The fourth-order valence-electron chi connectivity index (χ4n) is 5.61. The number of thioether (sulfide) groups is 1. The summed E-state index contributed by atoms with van der Waals surface area (Å²) in [5, 5.41) is 0.838. The lowest BCUT2D eigenvalue weighted by molar-refractivity contribution is -0.175. The molecule has 2 aliphatic heterocycles. The first-order chi connectivity index (χ1) is 20.4. The van der Waals surface area contributed by atoms with Gasteiger partial charge in [0.1, 0.15) is 19.0 Å². The number of pyridine rings is 2. The molecule has 5 rings (SSSR count). The highest BCUT2D eigenvalue weighted by Gasteiger charge is 2.51. The predicted octanol–water partition coefficient (Wildman–Crippen LogP) is 5.65. The van der Waals surface area contributed by atoms with Crippen LogP contribution in [-0.2, 0) is 49.0 Å². The van der Waals surface area contributed by atoms with Gasteiger partial charge in [0.2, 0.25) is 5.60 Å². The third-order valence-electron chi connectivity index (χ3n) is 7.71. The summed E-state index contributed by atoms with van der Waals surface area (Å²) in [6.45, 7) is 11.8. The van der Waals surface area contributed by atoms with Crippen LogP contribution in [0.25, 0.3) is 22.3 Å². The molecule has 43 heavy (non-hydrogen) atoms. The molecular weight excluding hydrogens is 572 g/mol. The molecule has 228 valence electrons. The molecule has 1 aromatic carbocycles. The number of esters is 2. The van der Waals surface area contributed by atoms with Gasteiger partial charge in [0, 0.05) is 33.4 Å². The van der Waals surface area contributed by atoms with E-state index in [-0.39, 0.29) is 60.0 Å². The van der Waals surface area contributed by atoms with Crippen LogP contribution >= 0.6 is 11.8 Å². The lowest BCUT2D eigenvalue weighted by atomic mass is 9.85. The van der Waals surface area contributed by atoms with Crippen molar-refractivity contribution in [2.75, 3.05) is 12.4 Å². The minimum atomic E-state index is -1.83. The number of cyclic esters (lactones) is 1. The maximum absolute atomic E-state index is 13.9. The molecule has 0 saturated carbocycles. The Labute approximate surface area is 254 Å². The molecule has 2 aliphatic rings. The van der Waals surface area contributed by atoms with Crippen molar-refractivity contribution in [1.29, 1.82) is 0 Å². The number of aromatic nitrogens is 2. The van der Waals surface area contributed by atoms with Crippen LogP contribution in [0.5, 0.6) is 5.75 Å². The van der Waals surface area contributed by atoms with Crippen molar-refractivity contribution in [3.63, 3.8) is 0 Å². The number of benzene rings is 1. The summed E-state index contributed by atoms with van der Waals surface area (Å²) in [6.07, 6.45) is -0.0463. The van der Waals surface area contributed by atoms with Crippen molar-refractivity contribution in [2.45, 2.75) is 84.3 Å². The molecule has 0 saturated heterocycles. The summed E-state index contributed by atoms with van der Waals surface area (Å²) in [5.41, 5.74) is 2.07. The maximum atomic E-state index is 13.9. The van der Waals surface area contributed by atoms with E-state index in [0.717, 1.165) is 16.5 Å². The van der Waals surface area contributed by atoms with E-state index in [9.17, 15) is 19.2 Å². The van der Waals surface area contributed by atoms with E-state index in [0.29, 0.717) is 34.8 Å². The summed E-state index contributed by atoms with van der Waals surface area (Å²) in [5.74, 6) is -0.0850. The third-order valence-corrected chi connectivity index (χ3v) is 8.95. The maximum Gasteiger partial charge on any atom is 0.509 e. The van der Waals surface area contributed by atoms with Gasteiger partial charge in [-0.15, -0.1) is 0 Å². The first-order valence-electron chi connectivity index (χ1n) is 14.5. The number of hydrogen-bond acceptors (Lipinski definition) is 10. The molecule has 1 atom stereocenters. The topological polar surface area (TPSA) is 123 Å². The smallest absolute Gasteiger partial charge is 0.457 e. The van der Waals surface area contributed by atoms with Gasteiger partial charge in [0.25, 0.3) is 5.56 Å². The molecule has 11 heteroatoms. The average molecular weight is 609 g/mol. The Bertz CT molecular complexity index is 1690. The summed E-state index contributed by atoms with van der Waals surface area (Å²) in [7, 11) is 0. The van der Waals surface area contributed by atoms with E-state index >= 15 is 0 Å². The molecule has 0 fully saturated rings. The van der Waals surface area contributed by atoms with Crippen LogP contribution in [0.1, 0.15) is 76.6 Å². The number of carbonyl (C=O) groups is 3. The molecular formula is C32H36N2O8S. The van der Waals surface area contributed by atoms with E-state index in [1.165, 1.54) is 0 Å². The van der Waals surface area contributed by atoms with Crippen molar-refractivity contribution < 1.29 is 33.3 Å². The van der Waals surface area contributed by atoms with Gasteiger partial charge in [0.15, 0.2) is 0 Å². The first kappa shape index (κ1) is 30.6. The lowest BCUT2D eigenvalue weighted by Crippen LogP contribution is -2.47. The number of hydrogen-bond donors (Lipinski definition) is 0. The molecule has 0 N–H and O–H groups in total. The highest BCUT2D eigenvalue weighted by Crippen LogP contribution is 2.42. The number of aryl methyl sites for hydroxylation is 1. The van der Waals surface area contributed by atoms with Crippen molar-refractivity contribution in [3.8, 4) is 17.1 Å². The van der Waals surface area contributed by atoms with E-state index in [4.69, 9.17) is 23.9 Å². The van der Waals surface area contributed by atoms with Crippen molar-refractivity contribution >= 4 is 40.8 Å². The second-order valence-electron chi connectivity index (χ2n) is 11.5. The summed E-state index contributed by atoms with van der Waals surface area (Å²) in [6, 6.07) is 7.02. The molecule has 4 heterocycles. The van der Waals surface area contributed by atoms with E-state index in [1.807, 2.05) is 6.92 Å². The molecule has 0 aliphatic carbocycles. The minimum absolute atomic E-state index is 0.00402. The highest BCUT2D eigenvalue weighted by atomic mass is 32.2. The molecule has 10 nitrogen and oxygen atoms in total. The van der Waals surface area contributed by atoms with E-state index < -0.39 is 17.7 Å². The van der Waals surface area contributed by atoms with Crippen LogP contribution in [0.3, 0.4) is 0 Å². The largest absolute Gasteiger partial charge is 0.509 e. The number of ether oxygens (including phenoxy) is 4. The zero-order chi connectivity index (χ0) is 31.1. The van der Waals surface area contributed by atoms with Crippen LogP contribution in [-0.4, -0.2) is 44.8 Å². The Balaban J connectivity index is 1.56. The van der Waals surface area contributed by atoms with Crippen molar-refractivity contribution in [3.05, 3.63) is 56.9 Å². The number of fused-ring (bicyclic) bond motifs is 5. The van der Waals surface area contributed by atoms with Gasteiger partial charge >= 0.3 is 18.1 Å². The molecule has 3 aromatic rings. The average Bonchev–Trinajstić information content (AvgIpc) is 3.33. The zero-order valence-electron chi connectivity index (χ0n) is 25.3. The van der Waals surface area contributed by atoms with Crippen LogP contribution in [0, 0.1) is 0 Å². The van der Waals surface area contributed by atoms with Crippen molar-refractivity contribution in [1.82, 2.24) is 9.55 Å². The van der Waals surface area contributed by atoms with Crippen LogP contribution in [0.4, 0.5) is 4.79 Å². The van der Waals surface area contributed by atoms with E-state index in [2.05, 4.69) is 20.8 Å². The Morgan fingerprint density at radius 3 is 2.56 bits per heavy atom. The minimum Gasteiger partial charge on any atom is -0.457 e. The van der Waals surface area contributed by atoms with Crippen LogP contribution in [0.2, 0.25) is 0 Å². The highest BCUT2D eigenvalue weighted by molar-refractivity contribution is 8.00. The molecule has 0 spiro atoms. The molecule has 0 amide bonds. The van der Waals surface area contributed by atoms with Gasteiger partial charge < -0.3 is 23.5 Å². The number of carbonyl (C=O) groups excluding carboxylic acids is 3. The molecule has 0 bridgehead atoms. The second-order valence-corrected chi connectivity index (χ2v) is 13.4. The molecule has 2 aromatic heterocycles. The van der Waals surface area contributed by atoms with Gasteiger partial charge in [-0.05, 0) is 42.7 Å². The van der Waals surface area contributed by atoms with E-state index in [1.54, 1.807) is 54.4 Å². The standard InChI is InChI=1S/C32H36N2O8S/c1-7-19-20-14-18(41-26(35)8-2)10-11-24(20)33-27-21(19)16-34-25(27)15-23-22(28(34)36)17-40-29(37)32(23,9-3)42-30(38)39-12-13-43-31(4,5)6/h10-11,14-15H,7-9,12-13,16-17H2,1-6H3/t32-/m0/s1. The molecule has 0 radical (unpaired) electrons. The molecule has 0 unspecified atom stereocenters. The first-order valence-corrected chi connectivity index (χ1v) is 15.5. The van der Waals surface area contributed by atoms with Crippen LogP contribution < -0.4 is 10.3 Å².